The van der Waals surface area contributed by atoms with Crippen LogP contribution < -0.4 is 0 Å². The lowest BCUT2D eigenvalue weighted by Crippen LogP contribution is -2.37. The Hall–Kier alpha value is -0.870. The fourth-order valence-electron chi connectivity index (χ4n) is 4.14. The minimum Gasteiger partial charge on any atom is -0.477 e. The highest BCUT2D eigenvalue weighted by Crippen LogP contribution is 2.66. The summed E-state index contributed by atoms with van der Waals surface area (Å²) < 4.78 is 6.17. The molecule has 0 spiro atoms. The number of fused-ring (bicyclic) bond motifs is 2. The Morgan fingerprint density at radius 1 is 1.45 bits per heavy atom. The van der Waals surface area contributed by atoms with Gasteiger partial charge in [-0.15, -0.1) is 11.3 Å². The molecule has 3 atom stereocenters. The topological polar surface area (TPSA) is 46.5 Å². The van der Waals surface area contributed by atoms with Crippen LogP contribution in [0.2, 0.25) is 0 Å². The third-order valence-electron chi connectivity index (χ3n) is 6.01. The van der Waals surface area contributed by atoms with Gasteiger partial charge in [0.1, 0.15) is 4.88 Å². The molecule has 1 heterocycles. The van der Waals surface area contributed by atoms with E-state index in [-0.39, 0.29) is 5.41 Å². The third kappa shape index (κ3) is 1.92. The van der Waals surface area contributed by atoms with E-state index in [1.807, 2.05) is 6.07 Å². The van der Waals surface area contributed by atoms with E-state index in [1.54, 1.807) is 6.07 Å². The zero-order valence-corrected chi connectivity index (χ0v) is 13.1. The number of carboxylic acid groups (broad SMARTS) is 1. The largest absolute Gasteiger partial charge is 0.477 e. The quantitative estimate of drug-likeness (QED) is 0.906. The molecule has 2 aliphatic carbocycles. The second kappa shape index (κ2) is 4.57. The molecule has 1 aromatic heterocycles. The monoisotopic (exact) mass is 294 g/mol. The summed E-state index contributed by atoms with van der Waals surface area (Å²) in [5.41, 5.74) is 0.629. The van der Waals surface area contributed by atoms with Gasteiger partial charge in [0.15, 0.2) is 0 Å². The zero-order valence-electron chi connectivity index (χ0n) is 12.3. The number of carboxylic acids is 1. The van der Waals surface area contributed by atoms with Crippen LogP contribution in [0.1, 0.15) is 54.6 Å². The molecule has 2 bridgehead atoms. The van der Waals surface area contributed by atoms with Gasteiger partial charge in [0.2, 0.25) is 0 Å². The number of hydrogen-bond donors (Lipinski definition) is 1. The Labute approximate surface area is 124 Å². The first-order valence-electron chi connectivity index (χ1n) is 7.28. The molecule has 3 nitrogen and oxygen atoms in total. The fourth-order valence-corrected chi connectivity index (χ4v) is 4.90. The standard InChI is InChI=1S/C16H22O3S/c1-15(2)10-6-7-16(15,3)13(8-10)19-9-11-4-5-12(20-11)14(17)18/h4-5,10,13H,6-9H2,1-3H3,(H,17,18). The van der Waals surface area contributed by atoms with Gasteiger partial charge in [-0.05, 0) is 48.1 Å². The summed E-state index contributed by atoms with van der Waals surface area (Å²) in [4.78, 5) is 12.3. The SMILES string of the molecule is CC1(C)C2CCC1(C)C(OCc1ccc(C(=O)O)s1)C2. The molecule has 110 valence electrons. The molecule has 0 aromatic carbocycles. The normalized spacial score (nSPS) is 34.5. The van der Waals surface area contributed by atoms with E-state index in [0.717, 1.165) is 17.2 Å². The minimum atomic E-state index is -0.853. The van der Waals surface area contributed by atoms with E-state index >= 15 is 0 Å². The van der Waals surface area contributed by atoms with Gasteiger partial charge < -0.3 is 9.84 Å². The first-order chi connectivity index (χ1) is 9.34. The molecule has 3 unspecified atom stereocenters. The zero-order chi connectivity index (χ0) is 14.5. The Bertz CT molecular complexity index is 534. The van der Waals surface area contributed by atoms with E-state index in [4.69, 9.17) is 9.84 Å². The maximum atomic E-state index is 10.9. The second-order valence-corrected chi connectivity index (χ2v) is 8.15. The van der Waals surface area contributed by atoms with Gasteiger partial charge in [-0.1, -0.05) is 20.8 Å². The van der Waals surface area contributed by atoms with Gasteiger partial charge in [0, 0.05) is 4.88 Å². The molecule has 1 N–H and O–H groups in total. The number of rotatable bonds is 4. The van der Waals surface area contributed by atoms with Crippen LogP contribution in [0.4, 0.5) is 0 Å². The van der Waals surface area contributed by atoms with Gasteiger partial charge in [0.05, 0.1) is 12.7 Å². The molecular formula is C16H22O3S. The van der Waals surface area contributed by atoms with E-state index < -0.39 is 5.97 Å². The van der Waals surface area contributed by atoms with E-state index in [0.29, 0.717) is 23.0 Å². The van der Waals surface area contributed by atoms with Crippen molar-refractivity contribution in [1.29, 1.82) is 0 Å². The lowest BCUT2D eigenvalue weighted by molar-refractivity contribution is -0.0541. The summed E-state index contributed by atoms with van der Waals surface area (Å²) in [6.07, 6.45) is 4.04. The molecule has 2 saturated carbocycles. The highest BCUT2D eigenvalue weighted by atomic mass is 32.1. The van der Waals surface area contributed by atoms with E-state index in [1.165, 1.54) is 24.2 Å². The molecule has 20 heavy (non-hydrogen) atoms. The van der Waals surface area contributed by atoms with Crippen LogP contribution in [0.25, 0.3) is 0 Å². The van der Waals surface area contributed by atoms with Gasteiger partial charge in [-0.3, -0.25) is 0 Å². The lowest BCUT2D eigenvalue weighted by Gasteiger charge is -2.38. The Morgan fingerprint density at radius 3 is 2.70 bits per heavy atom. The third-order valence-corrected chi connectivity index (χ3v) is 7.06. The van der Waals surface area contributed by atoms with E-state index in [2.05, 4.69) is 20.8 Å². The smallest absolute Gasteiger partial charge is 0.345 e. The highest BCUT2D eigenvalue weighted by Gasteiger charge is 2.61. The molecule has 0 saturated heterocycles. The molecule has 0 aliphatic heterocycles. The lowest BCUT2D eigenvalue weighted by atomic mass is 9.70. The highest BCUT2D eigenvalue weighted by molar-refractivity contribution is 7.13. The second-order valence-electron chi connectivity index (χ2n) is 6.98. The van der Waals surface area contributed by atoms with Crippen molar-refractivity contribution in [2.75, 3.05) is 0 Å². The predicted octanol–water partition coefficient (Wildman–Crippen LogP) is 4.18. The van der Waals surface area contributed by atoms with Crippen LogP contribution in [-0.2, 0) is 11.3 Å². The van der Waals surface area contributed by atoms with Gasteiger partial charge in [-0.25, -0.2) is 4.79 Å². The Balaban J connectivity index is 1.66. The van der Waals surface area contributed by atoms with Crippen LogP contribution in [0.3, 0.4) is 0 Å². The van der Waals surface area contributed by atoms with E-state index in [9.17, 15) is 4.79 Å². The molecule has 0 amide bonds. The average Bonchev–Trinajstić information content (AvgIpc) is 2.98. The van der Waals surface area contributed by atoms with Crippen LogP contribution in [0.15, 0.2) is 12.1 Å². The molecule has 3 rings (SSSR count). The maximum absolute atomic E-state index is 10.9. The first-order valence-corrected chi connectivity index (χ1v) is 8.10. The van der Waals surface area contributed by atoms with Crippen molar-refractivity contribution < 1.29 is 14.6 Å². The van der Waals surface area contributed by atoms with Crippen molar-refractivity contribution in [3.63, 3.8) is 0 Å². The number of ether oxygens (including phenoxy) is 1. The van der Waals surface area contributed by atoms with Crippen molar-refractivity contribution >= 4 is 17.3 Å². The van der Waals surface area contributed by atoms with Crippen molar-refractivity contribution in [3.8, 4) is 0 Å². The molecule has 0 radical (unpaired) electrons. The Kier molecular flexibility index (Phi) is 3.22. The molecule has 4 heteroatoms. The summed E-state index contributed by atoms with van der Waals surface area (Å²) in [7, 11) is 0. The van der Waals surface area contributed by atoms with Crippen molar-refractivity contribution in [3.05, 3.63) is 21.9 Å². The van der Waals surface area contributed by atoms with Crippen LogP contribution >= 0.6 is 11.3 Å². The average molecular weight is 294 g/mol. The summed E-state index contributed by atoms with van der Waals surface area (Å²) in [6, 6.07) is 3.53. The molecule has 1 aromatic rings. The van der Waals surface area contributed by atoms with Crippen molar-refractivity contribution in [2.45, 2.75) is 52.7 Å². The van der Waals surface area contributed by atoms with Crippen LogP contribution in [0.5, 0.6) is 0 Å². The summed E-state index contributed by atoms with van der Waals surface area (Å²) >= 11 is 1.32. The molecular weight excluding hydrogens is 272 g/mol. The van der Waals surface area contributed by atoms with Crippen molar-refractivity contribution in [2.24, 2.45) is 16.7 Å². The summed E-state index contributed by atoms with van der Waals surface area (Å²) in [5.74, 6) is -0.0790. The van der Waals surface area contributed by atoms with Crippen LogP contribution in [0, 0.1) is 16.7 Å². The van der Waals surface area contributed by atoms with Crippen molar-refractivity contribution in [1.82, 2.24) is 0 Å². The fraction of sp³-hybridized carbons (Fsp3) is 0.688. The molecule has 2 fully saturated rings. The first kappa shape index (κ1) is 14.1. The minimum absolute atomic E-state index is 0.268. The number of carbonyl (C=O) groups is 1. The number of hydrogen-bond acceptors (Lipinski definition) is 3. The number of thiophene rings is 1. The molecule has 2 aliphatic rings. The van der Waals surface area contributed by atoms with Gasteiger partial charge in [0.25, 0.3) is 0 Å². The Morgan fingerprint density at radius 2 is 2.20 bits per heavy atom. The number of aromatic carboxylic acids is 1. The van der Waals surface area contributed by atoms with Gasteiger partial charge >= 0.3 is 5.97 Å². The summed E-state index contributed by atoms with van der Waals surface area (Å²) in [5, 5.41) is 8.94. The summed E-state index contributed by atoms with van der Waals surface area (Å²) in [6.45, 7) is 7.66. The maximum Gasteiger partial charge on any atom is 0.345 e. The van der Waals surface area contributed by atoms with Crippen LogP contribution in [-0.4, -0.2) is 17.2 Å². The van der Waals surface area contributed by atoms with Gasteiger partial charge in [-0.2, -0.15) is 0 Å². The predicted molar refractivity (Wildman–Crippen MR) is 79.1 cm³/mol.